The highest BCUT2D eigenvalue weighted by molar-refractivity contribution is 5.91. The Labute approximate surface area is 86.6 Å². The number of carbonyl (C=O) groups is 1. The minimum absolute atomic E-state index is 0.0617. The Bertz CT molecular complexity index is 343. The molecule has 0 fully saturated rings. The number of carbonyl (C=O) groups excluding carboxylic acids is 2. The molecule has 1 radical (unpaired) electrons. The standard InChI is InChI=1S/C10H10FN2O2/c1-8(7-14)12-10(15)13(11)9-5-3-2-4-6-9/h2-6,8H,1H3,(H,12,15). The largest absolute Gasteiger partial charge is 0.350 e. The van der Waals surface area contributed by atoms with E-state index < -0.39 is 12.1 Å². The third-order valence-corrected chi connectivity index (χ3v) is 1.68. The Kier molecular flexibility index (Phi) is 3.79. The second kappa shape index (κ2) is 5.09. The SMILES string of the molecule is CC([C]=O)NC(=O)N(F)c1ccccc1. The first kappa shape index (κ1) is 11.2. The summed E-state index contributed by atoms with van der Waals surface area (Å²) in [5.41, 5.74) is 0.105. The van der Waals surface area contributed by atoms with E-state index in [4.69, 9.17) is 0 Å². The van der Waals surface area contributed by atoms with Gasteiger partial charge in [-0.05, 0) is 19.1 Å². The minimum atomic E-state index is -0.989. The van der Waals surface area contributed by atoms with Gasteiger partial charge in [0.1, 0.15) is 0 Å². The number of hydrogen-bond donors (Lipinski definition) is 1. The van der Waals surface area contributed by atoms with Gasteiger partial charge in [0.25, 0.3) is 0 Å². The fraction of sp³-hybridized carbons (Fsp3) is 0.200. The summed E-state index contributed by atoms with van der Waals surface area (Å²) in [7, 11) is 0. The van der Waals surface area contributed by atoms with E-state index in [0.29, 0.717) is 0 Å². The molecule has 15 heavy (non-hydrogen) atoms. The first-order chi connectivity index (χ1) is 7.15. The van der Waals surface area contributed by atoms with Crippen LogP contribution < -0.4 is 10.4 Å². The lowest BCUT2D eigenvalue weighted by Gasteiger charge is -2.13. The topological polar surface area (TPSA) is 49.4 Å². The Morgan fingerprint density at radius 2 is 2.07 bits per heavy atom. The predicted octanol–water partition coefficient (Wildman–Crippen LogP) is 1.59. The molecular formula is C10H10FN2O2. The normalized spacial score (nSPS) is 11.6. The van der Waals surface area contributed by atoms with Crippen molar-refractivity contribution in [1.82, 2.24) is 5.32 Å². The zero-order valence-electron chi connectivity index (χ0n) is 8.11. The molecule has 0 saturated carbocycles. The smallest absolute Gasteiger partial charge is 0.326 e. The van der Waals surface area contributed by atoms with Crippen molar-refractivity contribution in [2.75, 3.05) is 5.12 Å². The second-order valence-electron chi connectivity index (χ2n) is 2.91. The van der Waals surface area contributed by atoms with Crippen LogP contribution in [0.5, 0.6) is 0 Å². The van der Waals surface area contributed by atoms with E-state index in [9.17, 15) is 14.1 Å². The van der Waals surface area contributed by atoms with Crippen molar-refractivity contribution in [2.45, 2.75) is 13.0 Å². The summed E-state index contributed by atoms with van der Waals surface area (Å²) in [6.45, 7) is 1.41. The molecule has 0 heterocycles. The molecule has 2 amide bonds. The zero-order valence-corrected chi connectivity index (χ0v) is 8.11. The average Bonchev–Trinajstić information content (AvgIpc) is 2.29. The van der Waals surface area contributed by atoms with Crippen LogP contribution in [0.4, 0.5) is 15.0 Å². The molecule has 1 aromatic carbocycles. The molecular weight excluding hydrogens is 199 g/mol. The molecule has 1 rings (SSSR count). The number of amides is 2. The number of nitrogens with zero attached hydrogens (tertiary/aromatic N) is 1. The fourth-order valence-corrected chi connectivity index (χ4v) is 0.947. The quantitative estimate of drug-likeness (QED) is 0.768. The number of para-hydroxylation sites is 1. The summed E-state index contributed by atoms with van der Waals surface area (Å²) in [5, 5.41) is 2.05. The van der Waals surface area contributed by atoms with E-state index in [2.05, 4.69) is 5.32 Å². The monoisotopic (exact) mass is 209 g/mol. The number of hydrogen-bond acceptors (Lipinski definition) is 2. The predicted molar refractivity (Wildman–Crippen MR) is 53.7 cm³/mol. The molecule has 0 spiro atoms. The number of benzene rings is 1. The first-order valence-corrected chi connectivity index (χ1v) is 4.34. The molecule has 1 unspecified atom stereocenters. The maximum atomic E-state index is 13.3. The highest BCUT2D eigenvalue weighted by Crippen LogP contribution is 2.13. The van der Waals surface area contributed by atoms with Crippen molar-refractivity contribution in [2.24, 2.45) is 0 Å². The minimum Gasteiger partial charge on any atom is -0.326 e. The Morgan fingerprint density at radius 1 is 1.47 bits per heavy atom. The van der Waals surface area contributed by atoms with Gasteiger partial charge >= 0.3 is 6.03 Å². The van der Waals surface area contributed by atoms with Crippen LogP contribution in [0.25, 0.3) is 0 Å². The van der Waals surface area contributed by atoms with Gasteiger partial charge in [-0.3, -0.25) is 4.79 Å². The summed E-state index contributed by atoms with van der Waals surface area (Å²) in [4.78, 5) is 21.3. The first-order valence-electron chi connectivity index (χ1n) is 4.34. The zero-order chi connectivity index (χ0) is 11.3. The maximum absolute atomic E-state index is 13.3. The highest BCUT2D eigenvalue weighted by Gasteiger charge is 2.16. The lowest BCUT2D eigenvalue weighted by atomic mass is 10.3. The van der Waals surface area contributed by atoms with Gasteiger partial charge in [-0.15, -0.1) is 5.12 Å². The number of anilines is 1. The lowest BCUT2D eigenvalue weighted by molar-refractivity contribution is 0.232. The summed E-state index contributed by atoms with van der Waals surface area (Å²) < 4.78 is 13.3. The molecule has 0 aliphatic carbocycles. The van der Waals surface area contributed by atoms with Crippen molar-refractivity contribution in [3.05, 3.63) is 30.3 Å². The maximum Gasteiger partial charge on any atom is 0.350 e. The molecule has 4 nitrogen and oxygen atoms in total. The summed E-state index contributed by atoms with van der Waals surface area (Å²) in [6, 6.07) is 5.96. The highest BCUT2D eigenvalue weighted by atomic mass is 19.2. The van der Waals surface area contributed by atoms with E-state index in [1.165, 1.54) is 25.3 Å². The average molecular weight is 209 g/mol. The van der Waals surface area contributed by atoms with Crippen LogP contribution in [0.2, 0.25) is 0 Å². The Morgan fingerprint density at radius 3 is 2.60 bits per heavy atom. The van der Waals surface area contributed by atoms with Crippen LogP contribution in [-0.2, 0) is 4.79 Å². The molecule has 0 aliphatic rings. The number of nitrogens with one attached hydrogen (secondary N) is 1. The van der Waals surface area contributed by atoms with Gasteiger partial charge in [-0.2, -0.15) is 0 Å². The fourth-order valence-electron chi connectivity index (χ4n) is 0.947. The molecule has 1 N–H and O–H groups in total. The van der Waals surface area contributed by atoms with Crippen molar-refractivity contribution in [3.8, 4) is 0 Å². The van der Waals surface area contributed by atoms with E-state index in [1.807, 2.05) is 0 Å². The molecule has 5 heteroatoms. The number of rotatable bonds is 3. The molecule has 79 valence electrons. The van der Waals surface area contributed by atoms with E-state index >= 15 is 0 Å². The lowest BCUT2D eigenvalue weighted by Crippen LogP contribution is -2.40. The van der Waals surface area contributed by atoms with Gasteiger partial charge in [-0.1, -0.05) is 22.7 Å². The second-order valence-corrected chi connectivity index (χ2v) is 2.91. The number of halogens is 1. The molecule has 0 saturated heterocycles. The molecule has 1 aromatic rings. The van der Waals surface area contributed by atoms with E-state index in [0.717, 1.165) is 0 Å². The summed E-state index contributed by atoms with van der Waals surface area (Å²) in [5.74, 6) is 0. The molecule has 0 aromatic heterocycles. The summed E-state index contributed by atoms with van der Waals surface area (Å²) in [6.07, 6.45) is 1.53. The van der Waals surface area contributed by atoms with E-state index in [-0.39, 0.29) is 10.8 Å². The van der Waals surface area contributed by atoms with Crippen LogP contribution in [0.3, 0.4) is 0 Å². The van der Waals surface area contributed by atoms with Crippen molar-refractivity contribution in [1.29, 1.82) is 0 Å². The van der Waals surface area contributed by atoms with Crippen LogP contribution in [-0.4, -0.2) is 18.4 Å². The molecule has 0 bridgehead atoms. The third-order valence-electron chi connectivity index (χ3n) is 1.68. The van der Waals surface area contributed by atoms with Crippen molar-refractivity contribution < 1.29 is 14.1 Å². The van der Waals surface area contributed by atoms with Crippen LogP contribution in [0.15, 0.2) is 30.3 Å². The van der Waals surface area contributed by atoms with Gasteiger partial charge in [0.15, 0.2) is 0 Å². The van der Waals surface area contributed by atoms with Crippen molar-refractivity contribution in [3.63, 3.8) is 0 Å². The van der Waals surface area contributed by atoms with Crippen LogP contribution in [0.1, 0.15) is 6.92 Å². The van der Waals surface area contributed by atoms with Crippen molar-refractivity contribution >= 4 is 18.0 Å². The van der Waals surface area contributed by atoms with Gasteiger partial charge in [0, 0.05) is 0 Å². The third kappa shape index (κ3) is 3.05. The number of urea groups is 1. The van der Waals surface area contributed by atoms with Gasteiger partial charge < -0.3 is 5.32 Å². The summed E-state index contributed by atoms with van der Waals surface area (Å²) >= 11 is 0. The molecule has 1 atom stereocenters. The van der Waals surface area contributed by atoms with Gasteiger partial charge in [0.2, 0.25) is 6.29 Å². The van der Waals surface area contributed by atoms with Gasteiger partial charge in [-0.25, -0.2) is 4.79 Å². The van der Waals surface area contributed by atoms with Crippen LogP contribution in [0, 0.1) is 0 Å². The van der Waals surface area contributed by atoms with Crippen LogP contribution >= 0.6 is 0 Å². The molecule has 0 aliphatic heterocycles. The Hall–Kier alpha value is -1.91. The van der Waals surface area contributed by atoms with E-state index in [1.54, 1.807) is 18.2 Å². The Balaban J connectivity index is 2.65. The van der Waals surface area contributed by atoms with Gasteiger partial charge in [0.05, 0.1) is 11.7 Å².